The summed E-state index contributed by atoms with van der Waals surface area (Å²) in [7, 11) is 0. The minimum atomic E-state index is 0. The molecule has 0 bridgehead atoms. The Hall–Kier alpha value is -1.06. The summed E-state index contributed by atoms with van der Waals surface area (Å²) < 4.78 is 11.7. The molecule has 180 valence electrons. The van der Waals surface area contributed by atoms with E-state index in [9.17, 15) is 0 Å². The van der Waals surface area contributed by atoms with Crippen LogP contribution in [0.4, 0.5) is 0 Å². The highest BCUT2D eigenvalue weighted by molar-refractivity contribution is 14.0. The normalized spacial score (nSPS) is 20.8. The fourth-order valence-corrected chi connectivity index (χ4v) is 4.17. The summed E-state index contributed by atoms with van der Waals surface area (Å²) in [5.74, 6) is 3.30. The van der Waals surface area contributed by atoms with E-state index in [4.69, 9.17) is 14.5 Å². The third-order valence-corrected chi connectivity index (χ3v) is 6.42. The van der Waals surface area contributed by atoms with Crippen molar-refractivity contribution < 1.29 is 9.47 Å². The zero-order valence-electron chi connectivity index (χ0n) is 19.8. The first kappa shape index (κ1) is 25.6. The van der Waals surface area contributed by atoms with Crippen LogP contribution in [0, 0.1) is 18.8 Å². The van der Waals surface area contributed by atoms with Crippen LogP contribution >= 0.6 is 24.0 Å². The smallest absolute Gasteiger partial charge is 0.191 e. The largest absolute Gasteiger partial charge is 0.493 e. The molecule has 6 nitrogen and oxygen atoms in total. The monoisotopic (exact) mass is 556 g/mol. The number of halogens is 1. The van der Waals surface area contributed by atoms with Gasteiger partial charge in [-0.1, -0.05) is 12.1 Å². The number of hydrogen-bond acceptors (Lipinski definition) is 4. The summed E-state index contributed by atoms with van der Waals surface area (Å²) in [5.41, 5.74) is 2.35. The highest BCUT2D eigenvalue weighted by Gasteiger charge is 2.33. The maximum absolute atomic E-state index is 6.19. The Balaban J connectivity index is 0.00000289. The standard InChI is InChI=1S/C25H40N4O2.HI/c1-3-26-25(27-11-12-29(23-8-9-23)16-20-5-6-20)28-15-22-7-4-19(2)14-24(22)31-18-21-10-13-30-17-21;/h4,7,14,20-21,23H,3,5-6,8-13,15-18H2,1-2H3,(H2,26,27,28);1H. The minimum absolute atomic E-state index is 0. The maximum atomic E-state index is 6.19. The van der Waals surface area contributed by atoms with Crippen molar-refractivity contribution in [3.63, 3.8) is 0 Å². The number of guanidine groups is 1. The summed E-state index contributed by atoms with van der Waals surface area (Å²) in [5, 5.41) is 6.94. The number of nitrogens with zero attached hydrogens (tertiary/aromatic N) is 2. The third kappa shape index (κ3) is 8.37. The van der Waals surface area contributed by atoms with E-state index in [-0.39, 0.29) is 24.0 Å². The van der Waals surface area contributed by atoms with Gasteiger partial charge in [0.25, 0.3) is 0 Å². The molecule has 0 aromatic heterocycles. The van der Waals surface area contributed by atoms with Gasteiger partial charge in [0.2, 0.25) is 0 Å². The summed E-state index contributed by atoms with van der Waals surface area (Å²) in [6, 6.07) is 7.25. The first-order chi connectivity index (χ1) is 15.2. The van der Waals surface area contributed by atoms with E-state index in [1.165, 1.54) is 37.8 Å². The molecule has 32 heavy (non-hydrogen) atoms. The lowest BCUT2D eigenvalue weighted by molar-refractivity contribution is 0.166. The molecule has 3 aliphatic rings. The molecule has 0 amide bonds. The van der Waals surface area contributed by atoms with Crippen molar-refractivity contribution in [1.82, 2.24) is 15.5 Å². The third-order valence-electron chi connectivity index (χ3n) is 6.42. The number of rotatable bonds is 12. The van der Waals surface area contributed by atoms with Gasteiger partial charge < -0.3 is 20.1 Å². The molecule has 1 heterocycles. The summed E-state index contributed by atoms with van der Waals surface area (Å²) in [4.78, 5) is 7.54. The second-order valence-corrected chi connectivity index (χ2v) is 9.44. The predicted molar refractivity (Wildman–Crippen MR) is 141 cm³/mol. The summed E-state index contributed by atoms with van der Waals surface area (Å²) >= 11 is 0. The quantitative estimate of drug-likeness (QED) is 0.232. The molecule has 0 radical (unpaired) electrons. The molecule has 1 aromatic carbocycles. The van der Waals surface area contributed by atoms with E-state index in [1.54, 1.807) is 0 Å². The summed E-state index contributed by atoms with van der Waals surface area (Å²) in [6.07, 6.45) is 6.70. The van der Waals surface area contributed by atoms with Gasteiger partial charge in [0.1, 0.15) is 5.75 Å². The second kappa shape index (κ2) is 13.0. The summed E-state index contributed by atoms with van der Waals surface area (Å²) in [6.45, 7) is 11.4. The average Bonchev–Trinajstić information content (AvgIpc) is 3.70. The van der Waals surface area contributed by atoms with Gasteiger partial charge in [-0.3, -0.25) is 4.90 Å². The number of nitrogens with one attached hydrogen (secondary N) is 2. The van der Waals surface area contributed by atoms with E-state index >= 15 is 0 Å². The second-order valence-electron chi connectivity index (χ2n) is 9.44. The van der Waals surface area contributed by atoms with E-state index in [0.717, 1.165) is 75.1 Å². The van der Waals surface area contributed by atoms with Crippen LogP contribution in [0.5, 0.6) is 5.75 Å². The van der Waals surface area contributed by atoms with Crippen LogP contribution in [0.3, 0.4) is 0 Å². The van der Waals surface area contributed by atoms with E-state index < -0.39 is 0 Å². The van der Waals surface area contributed by atoms with Crippen LogP contribution in [0.2, 0.25) is 0 Å². The average molecular weight is 557 g/mol. The molecule has 1 aromatic rings. The molecule has 7 heteroatoms. The molecule has 2 saturated carbocycles. The molecule has 0 spiro atoms. The van der Waals surface area contributed by atoms with Crippen molar-refractivity contribution in [2.24, 2.45) is 16.8 Å². The Morgan fingerprint density at radius 2 is 2.00 bits per heavy atom. The first-order valence-electron chi connectivity index (χ1n) is 12.3. The van der Waals surface area contributed by atoms with Crippen molar-refractivity contribution in [3.05, 3.63) is 29.3 Å². The lowest BCUT2D eigenvalue weighted by Gasteiger charge is -2.22. The van der Waals surface area contributed by atoms with Gasteiger partial charge >= 0.3 is 0 Å². The van der Waals surface area contributed by atoms with Gasteiger partial charge in [0, 0.05) is 50.3 Å². The van der Waals surface area contributed by atoms with Gasteiger partial charge in [-0.05, 0) is 63.5 Å². The van der Waals surface area contributed by atoms with Crippen molar-refractivity contribution in [3.8, 4) is 5.75 Å². The Kier molecular flexibility index (Phi) is 10.4. The Morgan fingerprint density at radius 1 is 1.16 bits per heavy atom. The topological polar surface area (TPSA) is 58.1 Å². The van der Waals surface area contributed by atoms with Gasteiger partial charge in [-0.15, -0.1) is 24.0 Å². The first-order valence-corrected chi connectivity index (χ1v) is 12.3. The lowest BCUT2D eigenvalue weighted by atomic mass is 10.1. The molecule has 3 fully saturated rings. The molecular weight excluding hydrogens is 515 g/mol. The van der Waals surface area contributed by atoms with Crippen molar-refractivity contribution in [2.75, 3.05) is 46.0 Å². The number of ether oxygens (including phenoxy) is 2. The van der Waals surface area contributed by atoms with Crippen LogP contribution < -0.4 is 15.4 Å². The minimum Gasteiger partial charge on any atom is -0.493 e. The highest BCUT2D eigenvalue weighted by atomic mass is 127. The predicted octanol–water partition coefficient (Wildman–Crippen LogP) is 3.96. The highest BCUT2D eigenvalue weighted by Crippen LogP contribution is 2.34. The van der Waals surface area contributed by atoms with Gasteiger partial charge in [0.15, 0.2) is 5.96 Å². The molecule has 1 atom stereocenters. The molecule has 2 N–H and O–H groups in total. The SMILES string of the molecule is CCNC(=NCc1ccc(C)cc1OCC1CCOC1)NCCN(CC1CC1)C1CC1.I. The maximum Gasteiger partial charge on any atom is 0.191 e. The molecule has 4 rings (SSSR count). The van der Waals surface area contributed by atoms with Gasteiger partial charge in [-0.2, -0.15) is 0 Å². The Morgan fingerprint density at radius 3 is 2.69 bits per heavy atom. The van der Waals surface area contributed by atoms with Crippen LogP contribution in [0.15, 0.2) is 23.2 Å². The van der Waals surface area contributed by atoms with Gasteiger partial charge in [0.05, 0.1) is 19.8 Å². The molecule has 2 aliphatic carbocycles. The van der Waals surface area contributed by atoms with E-state index in [0.29, 0.717) is 12.5 Å². The molecule has 1 aliphatic heterocycles. The zero-order chi connectivity index (χ0) is 21.5. The van der Waals surface area contributed by atoms with Crippen molar-refractivity contribution in [1.29, 1.82) is 0 Å². The van der Waals surface area contributed by atoms with Crippen molar-refractivity contribution >= 4 is 29.9 Å². The number of aryl methyl sites for hydroxylation is 1. The van der Waals surface area contributed by atoms with Crippen molar-refractivity contribution in [2.45, 2.75) is 58.5 Å². The van der Waals surface area contributed by atoms with E-state index in [2.05, 4.69) is 47.6 Å². The molecule has 1 saturated heterocycles. The fourth-order valence-electron chi connectivity index (χ4n) is 4.17. The van der Waals surface area contributed by atoms with Crippen LogP contribution in [-0.4, -0.2) is 62.9 Å². The zero-order valence-corrected chi connectivity index (χ0v) is 22.1. The van der Waals surface area contributed by atoms with E-state index in [1.807, 2.05) is 0 Å². The fraction of sp³-hybridized carbons (Fsp3) is 0.720. The van der Waals surface area contributed by atoms with Crippen LogP contribution in [0.1, 0.15) is 50.2 Å². The molecule has 1 unspecified atom stereocenters. The lowest BCUT2D eigenvalue weighted by Crippen LogP contribution is -2.42. The Bertz CT molecular complexity index is 731. The Labute approximate surface area is 210 Å². The van der Waals surface area contributed by atoms with Crippen LogP contribution in [0.25, 0.3) is 0 Å². The van der Waals surface area contributed by atoms with Gasteiger partial charge in [-0.25, -0.2) is 4.99 Å². The number of hydrogen-bond donors (Lipinski definition) is 2. The number of benzene rings is 1. The van der Waals surface area contributed by atoms with Crippen LogP contribution in [-0.2, 0) is 11.3 Å². The number of aliphatic imine (C=N–C) groups is 1. The molecular formula is C25H41IN4O2.